The van der Waals surface area contributed by atoms with Gasteiger partial charge in [-0.3, -0.25) is 14.4 Å². The van der Waals surface area contributed by atoms with Gasteiger partial charge in [-0.1, -0.05) is 32.0 Å². The molecule has 8 heteroatoms. The molecule has 0 bridgehead atoms. The Kier molecular flexibility index (Phi) is 8.62. The van der Waals surface area contributed by atoms with Crippen molar-refractivity contribution < 1.29 is 9.59 Å². The summed E-state index contributed by atoms with van der Waals surface area (Å²) in [6, 6.07) is 13.3. The molecule has 0 atom stereocenters. The highest BCUT2D eigenvalue weighted by molar-refractivity contribution is 5.98. The molecule has 0 spiro atoms. The predicted octanol–water partition coefficient (Wildman–Crippen LogP) is 4.08. The molecule has 202 valence electrons. The lowest BCUT2D eigenvalue weighted by Gasteiger charge is -2.28. The van der Waals surface area contributed by atoms with Crippen LogP contribution in [-0.2, 0) is 17.9 Å². The molecule has 1 aromatic heterocycles. The van der Waals surface area contributed by atoms with Crippen molar-refractivity contribution >= 4 is 28.5 Å². The Morgan fingerprint density at radius 3 is 2.53 bits per heavy atom. The molecule has 38 heavy (non-hydrogen) atoms. The van der Waals surface area contributed by atoms with E-state index in [2.05, 4.69) is 30.8 Å². The first-order valence-electron chi connectivity index (χ1n) is 13.6. The molecule has 0 aliphatic carbocycles. The van der Waals surface area contributed by atoms with E-state index in [1.165, 1.54) is 0 Å². The van der Waals surface area contributed by atoms with Gasteiger partial charge in [0.1, 0.15) is 5.69 Å². The first kappa shape index (κ1) is 27.5. The number of carbonyl (C=O) groups excluding carboxylic acids is 2. The Morgan fingerprint density at radius 2 is 1.79 bits per heavy atom. The van der Waals surface area contributed by atoms with Crippen LogP contribution in [0.25, 0.3) is 11.0 Å². The Bertz CT molecular complexity index is 1380. The number of hydrogen-bond acceptors (Lipinski definition) is 5. The fourth-order valence-electron chi connectivity index (χ4n) is 5.11. The van der Waals surface area contributed by atoms with Gasteiger partial charge in [0.25, 0.3) is 11.5 Å². The van der Waals surface area contributed by atoms with Gasteiger partial charge in [0.05, 0.1) is 11.0 Å². The van der Waals surface area contributed by atoms with Crippen molar-refractivity contribution in [1.82, 2.24) is 19.4 Å². The number of anilines is 1. The highest BCUT2D eigenvalue weighted by Gasteiger charge is 2.24. The minimum absolute atomic E-state index is 0.0943. The van der Waals surface area contributed by atoms with Crippen LogP contribution in [0.4, 0.5) is 5.69 Å². The summed E-state index contributed by atoms with van der Waals surface area (Å²) in [5.41, 5.74) is 4.04. The van der Waals surface area contributed by atoms with E-state index in [-0.39, 0.29) is 23.3 Å². The van der Waals surface area contributed by atoms with E-state index in [4.69, 9.17) is 0 Å². The smallest absolute Gasteiger partial charge is 0.272 e. The fourth-order valence-corrected chi connectivity index (χ4v) is 5.11. The zero-order chi connectivity index (χ0) is 27.4. The fraction of sp³-hybridized carbons (Fsp3) is 0.467. The van der Waals surface area contributed by atoms with Crippen LogP contribution in [0, 0.1) is 12.8 Å². The van der Waals surface area contributed by atoms with E-state index >= 15 is 0 Å². The molecule has 0 fully saturated rings. The summed E-state index contributed by atoms with van der Waals surface area (Å²) in [5.74, 6) is 0.288. The standard InChI is InChI=1S/C30H39N5O3/c1-6-34-27-13-12-23(19-25(27)31-22(4)29(34)37)30(38)33-17-16-32(5)14-9-15-35(28(36)18-21(2)3)26-11-8-7-10-24(26)20-33/h7-8,10-13,19,21H,6,9,14-18,20H2,1-5H3. The van der Waals surface area contributed by atoms with Crippen LogP contribution in [0.3, 0.4) is 0 Å². The first-order valence-corrected chi connectivity index (χ1v) is 13.6. The lowest BCUT2D eigenvalue weighted by Crippen LogP contribution is -2.37. The van der Waals surface area contributed by atoms with Crippen molar-refractivity contribution in [2.24, 2.45) is 5.92 Å². The third-order valence-electron chi connectivity index (χ3n) is 7.16. The normalized spacial score (nSPS) is 15.4. The number of aryl methyl sites for hydroxylation is 2. The molecule has 2 aromatic carbocycles. The van der Waals surface area contributed by atoms with Crippen molar-refractivity contribution in [1.29, 1.82) is 0 Å². The molecule has 0 saturated carbocycles. The maximum absolute atomic E-state index is 13.9. The maximum atomic E-state index is 13.9. The van der Waals surface area contributed by atoms with E-state index in [0.717, 1.165) is 36.3 Å². The molecule has 8 nitrogen and oxygen atoms in total. The maximum Gasteiger partial charge on any atom is 0.272 e. The second kappa shape index (κ2) is 11.9. The highest BCUT2D eigenvalue weighted by Crippen LogP contribution is 2.26. The average molecular weight is 518 g/mol. The van der Waals surface area contributed by atoms with Gasteiger partial charge in [-0.2, -0.15) is 0 Å². The van der Waals surface area contributed by atoms with Crippen LogP contribution in [0.5, 0.6) is 0 Å². The first-order chi connectivity index (χ1) is 18.2. The number of nitrogens with zero attached hydrogens (tertiary/aromatic N) is 5. The number of benzene rings is 2. The van der Waals surface area contributed by atoms with E-state index in [9.17, 15) is 14.4 Å². The van der Waals surface area contributed by atoms with Gasteiger partial charge >= 0.3 is 0 Å². The van der Waals surface area contributed by atoms with Gasteiger partial charge in [-0.15, -0.1) is 0 Å². The van der Waals surface area contributed by atoms with Crippen molar-refractivity contribution in [2.75, 3.05) is 38.1 Å². The average Bonchev–Trinajstić information content (AvgIpc) is 2.92. The van der Waals surface area contributed by atoms with Gasteiger partial charge in [0.2, 0.25) is 5.91 Å². The highest BCUT2D eigenvalue weighted by atomic mass is 16.2. The van der Waals surface area contributed by atoms with Crippen LogP contribution in [0.1, 0.15) is 55.2 Å². The van der Waals surface area contributed by atoms with E-state index in [0.29, 0.717) is 49.4 Å². The van der Waals surface area contributed by atoms with Crippen molar-refractivity contribution in [2.45, 2.75) is 53.6 Å². The van der Waals surface area contributed by atoms with Crippen molar-refractivity contribution in [3.05, 3.63) is 69.6 Å². The predicted molar refractivity (Wildman–Crippen MR) is 152 cm³/mol. The van der Waals surface area contributed by atoms with Gasteiger partial charge in [0.15, 0.2) is 0 Å². The van der Waals surface area contributed by atoms with E-state index in [1.807, 2.05) is 47.1 Å². The summed E-state index contributed by atoms with van der Waals surface area (Å²) < 4.78 is 1.69. The lowest BCUT2D eigenvalue weighted by molar-refractivity contribution is -0.119. The van der Waals surface area contributed by atoms with Crippen molar-refractivity contribution in [3.8, 4) is 0 Å². The second-order valence-electron chi connectivity index (χ2n) is 10.6. The zero-order valence-corrected chi connectivity index (χ0v) is 23.2. The van der Waals surface area contributed by atoms with E-state index < -0.39 is 0 Å². The Balaban J connectivity index is 1.72. The van der Waals surface area contributed by atoms with Gasteiger partial charge < -0.3 is 19.3 Å². The third kappa shape index (κ3) is 5.96. The summed E-state index contributed by atoms with van der Waals surface area (Å²) in [4.78, 5) is 50.2. The minimum Gasteiger partial charge on any atom is -0.333 e. The largest absolute Gasteiger partial charge is 0.333 e. The molecule has 2 amide bonds. The zero-order valence-electron chi connectivity index (χ0n) is 23.2. The van der Waals surface area contributed by atoms with Gasteiger partial charge in [-0.25, -0.2) is 4.98 Å². The monoisotopic (exact) mass is 517 g/mol. The number of amides is 2. The minimum atomic E-state index is -0.109. The Labute approximate surface area is 224 Å². The SMILES string of the molecule is CCn1c(=O)c(C)nc2cc(C(=O)N3CCN(C)CCCN(C(=O)CC(C)C)c4ccccc4C3)ccc21. The molecule has 3 aromatic rings. The molecular formula is C30H39N5O3. The number of para-hydroxylation sites is 1. The van der Waals surface area contributed by atoms with Gasteiger partial charge in [-0.05, 0) is 69.6 Å². The van der Waals surface area contributed by atoms with Gasteiger partial charge in [0, 0.05) is 50.4 Å². The number of aromatic nitrogens is 2. The number of carbonyl (C=O) groups is 2. The summed E-state index contributed by atoms with van der Waals surface area (Å²) in [5, 5.41) is 0. The Hall–Kier alpha value is -3.52. The van der Waals surface area contributed by atoms with Crippen LogP contribution in [0.2, 0.25) is 0 Å². The summed E-state index contributed by atoms with van der Waals surface area (Å²) in [7, 11) is 2.06. The number of fused-ring (bicyclic) bond motifs is 2. The topological polar surface area (TPSA) is 78.8 Å². The van der Waals surface area contributed by atoms with Crippen LogP contribution >= 0.6 is 0 Å². The molecule has 0 radical (unpaired) electrons. The molecule has 4 rings (SSSR count). The molecular weight excluding hydrogens is 478 g/mol. The van der Waals surface area contributed by atoms with Crippen LogP contribution in [0.15, 0.2) is 47.3 Å². The summed E-state index contributed by atoms with van der Waals surface area (Å²) in [6.07, 6.45) is 1.34. The number of likely N-dealkylation sites (N-methyl/N-ethyl adjacent to an activating group) is 1. The number of hydrogen-bond donors (Lipinski definition) is 0. The van der Waals surface area contributed by atoms with Crippen molar-refractivity contribution in [3.63, 3.8) is 0 Å². The molecule has 0 N–H and O–H groups in total. The van der Waals surface area contributed by atoms with E-state index in [1.54, 1.807) is 23.6 Å². The number of rotatable bonds is 4. The summed E-state index contributed by atoms with van der Waals surface area (Å²) in [6.45, 7) is 11.5. The Morgan fingerprint density at radius 1 is 1.03 bits per heavy atom. The third-order valence-corrected chi connectivity index (χ3v) is 7.16. The molecule has 1 aliphatic heterocycles. The van der Waals surface area contributed by atoms with Crippen LogP contribution in [-0.4, -0.2) is 64.4 Å². The van der Waals surface area contributed by atoms with Crippen LogP contribution < -0.4 is 10.5 Å². The molecule has 2 heterocycles. The second-order valence-corrected chi connectivity index (χ2v) is 10.6. The molecule has 0 saturated heterocycles. The molecule has 1 aliphatic rings. The lowest BCUT2D eigenvalue weighted by atomic mass is 10.1. The molecule has 0 unspecified atom stereocenters. The summed E-state index contributed by atoms with van der Waals surface area (Å²) >= 11 is 0. The quantitative estimate of drug-likeness (QED) is 0.521.